The largest absolute Gasteiger partial charge is 0.360 e. The Labute approximate surface area is 126 Å². The van der Waals surface area contributed by atoms with Crippen LogP contribution in [0.1, 0.15) is 21.5 Å². The molecule has 3 aromatic rings. The van der Waals surface area contributed by atoms with Gasteiger partial charge in [-0.1, -0.05) is 47.5 Å². The van der Waals surface area contributed by atoms with Gasteiger partial charge in [0.15, 0.2) is 5.78 Å². The van der Waals surface area contributed by atoms with Crippen LogP contribution in [0.25, 0.3) is 10.9 Å². The Morgan fingerprint density at radius 2 is 1.85 bits per heavy atom. The van der Waals surface area contributed by atoms with E-state index < -0.39 is 0 Å². The van der Waals surface area contributed by atoms with Gasteiger partial charge < -0.3 is 4.98 Å². The fraction of sp³-hybridized carbons (Fsp3) is 0.0625. The predicted molar refractivity (Wildman–Crippen MR) is 82.9 cm³/mol. The Hall–Kier alpha value is -1.77. The summed E-state index contributed by atoms with van der Waals surface area (Å²) in [7, 11) is 0. The van der Waals surface area contributed by atoms with Crippen molar-refractivity contribution in [1.29, 1.82) is 0 Å². The zero-order valence-corrected chi connectivity index (χ0v) is 12.2. The van der Waals surface area contributed by atoms with Gasteiger partial charge in [0.05, 0.1) is 5.02 Å². The van der Waals surface area contributed by atoms with E-state index in [2.05, 4.69) is 4.98 Å². The molecule has 0 fully saturated rings. The van der Waals surface area contributed by atoms with Crippen molar-refractivity contribution in [2.24, 2.45) is 0 Å². The Morgan fingerprint density at radius 1 is 1.10 bits per heavy atom. The van der Waals surface area contributed by atoms with E-state index in [1.807, 2.05) is 31.2 Å². The zero-order valence-electron chi connectivity index (χ0n) is 10.7. The number of aryl methyl sites for hydroxylation is 1. The van der Waals surface area contributed by atoms with E-state index in [9.17, 15) is 4.79 Å². The van der Waals surface area contributed by atoms with E-state index in [-0.39, 0.29) is 5.78 Å². The minimum Gasteiger partial charge on any atom is -0.360 e. The number of aromatic amines is 1. The first-order valence-electron chi connectivity index (χ1n) is 6.14. The highest BCUT2D eigenvalue weighted by molar-refractivity contribution is 6.40. The molecule has 100 valence electrons. The van der Waals surface area contributed by atoms with Crippen molar-refractivity contribution >= 4 is 39.9 Å². The molecule has 0 atom stereocenters. The van der Waals surface area contributed by atoms with Crippen molar-refractivity contribution in [3.8, 4) is 0 Å². The molecule has 1 N–H and O–H groups in total. The molecule has 0 amide bonds. The van der Waals surface area contributed by atoms with Crippen LogP contribution in [-0.4, -0.2) is 10.8 Å². The summed E-state index contributed by atoms with van der Waals surface area (Å²) in [4.78, 5) is 15.7. The number of fused-ring (bicyclic) bond motifs is 1. The minimum atomic E-state index is -0.0430. The monoisotopic (exact) mass is 303 g/mol. The number of aromatic nitrogens is 1. The molecule has 4 heteroatoms. The fourth-order valence-electron chi connectivity index (χ4n) is 2.34. The van der Waals surface area contributed by atoms with Gasteiger partial charge in [0.2, 0.25) is 0 Å². The SMILES string of the molecule is Cc1ccccc1C(=O)c1c[nH]c2cc(Cl)cc(Cl)c12. The third kappa shape index (κ3) is 2.11. The number of nitrogens with one attached hydrogen (secondary N) is 1. The second-order valence-corrected chi connectivity index (χ2v) is 5.50. The van der Waals surface area contributed by atoms with Crippen LogP contribution in [0.3, 0.4) is 0 Å². The topological polar surface area (TPSA) is 32.9 Å². The number of benzene rings is 2. The van der Waals surface area contributed by atoms with Crippen LogP contribution in [0.2, 0.25) is 10.0 Å². The summed E-state index contributed by atoms with van der Waals surface area (Å²) in [6.07, 6.45) is 1.68. The molecule has 20 heavy (non-hydrogen) atoms. The van der Waals surface area contributed by atoms with Crippen LogP contribution < -0.4 is 0 Å². The van der Waals surface area contributed by atoms with E-state index in [0.29, 0.717) is 26.6 Å². The van der Waals surface area contributed by atoms with Gasteiger partial charge in [-0.2, -0.15) is 0 Å². The summed E-state index contributed by atoms with van der Waals surface area (Å²) in [6.45, 7) is 1.92. The average Bonchev–Trinajstić information content (AvgIpc) is 2.82. The van der Waals surface area contributed by atoms with Crippen molar-refractivity contribution in [2.75, 3.05) is 0 Å². The maximum Gasteiger partial charge on any atom is 0.195 e. The third-order valence-corrected chi connectivity index (χ3v) is 3.85. The highest BCUT2D eigenvalue weighted by atomic mass is 35.5. The van der Waals surface area contributed by atoms with Crippen LogP contribution in [0, 0.1) is 6.92 Å². The van der Waals surface area contributed by atoms with Crippen molar-refractivity contribution < 1.29 is 4.79 Å². The highest BCUT2D eigenvalue weighted by Gasteiger charge is 2.18. The Balaban J connectivity index is 2.21. The molecule has 0 saturated heterocycles. The molecule has 1 heterocycles. The van der Waals surface area contributed by atoms with E-state index in [0.717, 1.165) is 11.1 Å². The second kappa shape index (κ2) is 4.97. The molecule has 0 aliphatic carbocycles. The quantitative estimate of drug-likeness (QED) is 0.663. The van der Waals surface area contributed by atoms with Crippen molar-refractivity contribution in [3.63, 3.8) is 0 Å². The number of halogens is 2. The highest BCUT2D eigenvalue weighted by Crippen LogP contribution is 2.31. The molecule has 0 unspecified atom stereocenters. The van der Waals surface area contributed by atoms with Gasteiger partial charge in [-0.3, -0.25) is 4.79 Å². The number of carbonyl (C=O) groups is 1. The second-order valence-electron chi connectivity index (χ2n) is 4.66. The normalized spacial score (nSPS) is 10.9. The van der Waals surface area contributed by atoms with Gasteiger partial charge in [0, 0.05) is 33.2 Å². The lowest BCUT2D eigenvalue weighted by Crippen LogP contribution is -2.02. The average molecular weight is 304 g/mol. The Kier molecular flexibility index (Phi) is 3.28. The van der Waals surface area contributed by atoms with Crippen LogP contribution in [-0.2, 0) is 0 Å². The summed E-state index contributed by atoms with van der Waals surface area (Å²) in [5, 5.41) is 1.73. The van der Waals surface area contributed by atoms with Crippen LogP contribution in [0.4, 0.5) is 0 Å². The van der Waals surface area contributed by atoms with Crippen LogP contribution in [0.5, 0.6) is 0 Å². The molecule has 1 aromatic heterocycles. The van der Waals surface area contributed by atoms with Crippen molar-refractivity contribution in [2.45, 2.75) is 6.92 Å². The fourth-order valence-corrected chi connectivity index (χ4v) is 2.93. The third-order valence-electron chi connectivity index (χ3n) is 3.33. The van der Waals surface area contributed by atoms with Crippen molar-refractivity contribution in [1.82, 2.24) is 4.98 Å². The molecule has 3 rings (SSSR count). The van der Waals surface area contributed by atoms with E-state index in [1.165, 1.54) is 0 Å². The molecular weight excluding hydrogens is 293 g/mol. The van der Waals surface area contributed by atoms with Crippen molar-refractivity contribution in [3.05, 3.63) is 69.3 Å². The number of ketones is 1. The maximum atomic E-state index is 12.7. The number of hydrogen-bond acceptors (Lipinski definition) is 1. The molecule has 2 aromatic carbocycles. The van der Waals surface area contributed by atoms with E-state index in [1.54, 1.807) is 18.3 Å². The molecule has 2 nitrogen and oxygen atoms in total. The smallest absolute Gasteiger partial charge is 0.195 e. The molecular formula is C16H11Cl2NO. The summed E-state index contributed by atoms with van der Waals surface area (Å²) in [5.74, 6) is -0.0430. The molecule has 0 spiro atoms. The van der Waals surface area contributed by atoms with Gasteiger partial charge in [0.1, 0.15) is 0 Å². The number of rotatable bonds is 2. The van der Waals surface area contributed by atoms with Gasteiger partial charge in [-0.25, -0.2) is 0 Å². The zero-order chi connectivity index (χ0) is 14.3. The number of hydrogen-bond donors (Lipinski definition) is 1. The van der Waals surface area contributed by atoms with E-state index in [4.69, 9.17) is 23.2 Å². The number of H-pyrrole nitrogens is 1. The van der Waals surface area contributed by atoms with E-state index >= 15 is 0 Å². The Bertz CT molecular complexity index is 820. The van der Waals surface area contributed by atoms with Crippen LogP contribution in [0.15, 0.2) is 42.6 Å². The summed E-state index contributed by atoms with van der Waals surface area (Å²) >= 11 is 12.2. The predicted octanol–water partition coefficient (Wildman–Crippen LogP) is 5.01. The number of carbonyl (C=O) groups excluding carboxylic acids is 1. The molecule has 0 aliphatic heterocycles. The molecule has 0 saturated carbocycles. The van der Waals surface area contributed by atoms with Gasteiger partial charge in [0.25, 0.3) is 0 Å². The molecule has 0 radical (unpaired) electrons. The van der Waals surface area contributed by atoms with Gasteiger partial charge in [-0.15, -0.1) is 0 Å². The first kappa shape index (κ1) is 13.2. The standard InChI is InChI=1S/C16H11Cl2NO/c1-9-4-2-3-5-11(9)16(20)12-8-19-14-7-10(17)6-13(18)15(12)14/h2-8,19H,1H3. The summed E-state index contributed by atoms with van der Waals surface area (Å²) < 4.78 is 0. The lowest BCUT2D eigenvalue weighted by molar-refractivity contribution is 0.104. The first-order valence-corrected chi connectivity index (χ1v) is 6.90. The maximum absolute atomic E-state index is 12.7. The summed E-state index contributed by atoms with van der Waals surface area (Å²) in [6, 6.07) is 10.9. The van der Waals surface area contributed by atoms with Crippen LogP contribution >= 0.6 is 23.2 Å². The lowest BCUT2D eigenvalue weighted by atomic mass is 9.99. The molecule has 0 bridgehead atoms. The lowest BCUT2D eigenvalue weighted by Gasteiger charge is -2.04. The van der Waals surface area contributed by atoms with Gasteiger partial charge >= 0.3 is 0 Å². The Morgan fingerprint density at radius 3 is 2.60 bits per heavy atom. The molecule has 0 aliphatic rings. The van der Waals surface area contributed by atoms with Gasteiger partial charge in [-0.05, 0) is 24.6 Å². The first-order chi connectivity index (χ1) is 9.58. The summed E-state index contributed by atoms with van der Waals surface area (Å²) in [5.41, 5.74) is 2.95. The minimum absolute atomic E-state index is 0.0430.